The summed E-state index contributed by atoms with van der Waals surface area (Å²) >= 11 is 0. The molecule has 0 fully saturated rings. The van der Waals surface area contributed by atoms with Gasteiger partial charge in [-0.2, -0.15) is 0 Å². The first kappa shape index (κ1) is 12.6. The highest BCUT2D eigenvalue weighted by Gasteiger charge is 2.09. The Bertz CT molecular complexity index is 508. The van der Waals surface area contributed by atoms with E-state index in [2.05, 4.69) is 10.2 Å². The molecule has 0 bridgehead atoms. The van der Waals surface area contributed by atoms with Gasteiger partial charge in [0.05, 0.1) is 19.1 Å². The summed E-state index contributed by atoms with van der Waals surface area (Å²) < 4.78 is 11.0. The molecule has 96 valence electrons. The molecule has 0 amide bonds. The lowest BCUT2D eigenvalue weighted by molar-refractivity contribution is 0.300. The monoisotopic (exact) mass is 247 g/mol. The highest BCUT2D eigenvalue weighted by molar-refractivity contribution is 5.31. The third-order valence-electron chi connectivity index (χ3n) is 2.54. The third kappa shape index (κ3) is 3.07. The molecule has 1 unspecified atom stereocenters. The summed E-state index contributed by atoms with van der Waals surface area (Å²) in [5, 5.41) is 7.78. The molecule has 2 rings (SSSR count). The zero-order chi connectivity index (χ0) is 13.0. The summed E-state index contributed by atoms with van der Waals surface area (Å²) in [5.74, 6) is 1.89. The molecule has 18 heavy (non-hydrogen) atoms. The van der Waals surface area contributed by atoms with Crippen LogP contribution in [0.15, 0.2) is 28.7 Å². The Hall–Kier alpha value is -1.88. The average molecular weight is 247 g/mol. The SMILES string of the molecule is Cc1ccccc1OCCc1nnc(C(C)N)o1. The predicted octanol–water partition coefficient (Wildman–Crippen LogP) is 2.02. The lowest BCUT2D eigenvalue weighted by Crippen LogP contribution is -2.05. The van der Waals surface area contributed by atoms with E-state index >= 15 is 0 Å². The highest BCUT2D eigenvalue weighted by atomic mass is 16.5. The van der Waals surface area contributed by atoms with E-state index in [9.17, 15) is 0 Å². The fraction of sp³-hybridized carbons (Fsp3) is 0.385. The van der Waals surface area contributed by atoms with E-state index < -0.39 is 0 Å². The molecule has 1 atom stereocenters. The van der Waals surface area contributed by atoms with E-state index in [1.165, 1.54) is 0 Å². The second kappa shape index (κ2) is 5.64. The fourth-order valence-electron chi connectivity index (χ4n) is 1.52. The lowest BCUT2D eigenvalue weighted by atomic mass is 10.2. The Balaban J connectivity index is 1.87. The number of aryl methyl sites for hydroxylation is 1. The van der Waals surface area contributed by atoms with Crippen LogP contribution < -0.4 is 10.5 Å². The van der Waals surface area contributed by atoms with Gasteiger partial charge in [0.25, 0.3) is 0 Å². The topological polar surface area (TPSA) is 74.2 Å². The van der Waals surface area contributed by atoms with Gasteiger partial charge in [0, 0.05) is 0 Å². The number of ether oxygens (including phenoxy) is 1. The molecule has 5 heteroatoms. The number of benzene rings is 1. The summed E-state index contributed by atoms with van der Waals surface area (Å²) in [6.07, 6.45) is 0.577. The van der Waals surface area contributed by atoms with Crippen molar-refractivity contribution in [3.05, 3.63) is 41.6 Å². The minimum atomic E-state index is -0.233. The van der Waals surface area contributed by atoms with Crippen LogP contribution >= 0.6 is 0 Å². The van der Waals surface area contributed by atoms with Crippen molar-refractivity contribution in [1.29, 1.82) is 0 Å². The number of nitrogens with zero attached hydrogens (tertiary/aromatic N) is 2. The van der Waals surface area contributed by atoms with Crippen molar-refractivity contribution in [3.63, 3.8) is 0 Å². The Morgan fingerprint density at radius 2 is 2.11 bits per heavy atom. The zero-order valence-electron chi connectivity index (χ0n) is 10.6. The molecule has 0 aliphatic carbocycles. The second-order valence-corrected chi connectivity index (χ2v) is 4.19. The van der Waals surface area contributed by atoms with Crippen LogP contribution in [0.4, 0.5) is 0 Å². The molecule has 0 saturated carbocycles. The van der Waals surface area contributed by atoms with Gasteiger partial charge >= 0.3 is 0 Å². The van der Waals surface area contributed by atoms with Crippen LogP contribution in [-0.4, -0.2) is 16.8 Å². The lowest BCUT2D eigenvalue weighted by Gasteiger charge is -2.06. The fourth-order valence-corrected chi connectivity index (χ4v) is 1.52. The third-order valence-corrected chi connectivity index (χ3v) is 2.54. The molecule has 0 aliphatic rings. The van der Waals surface area contributed by atoms with Gasteiger partial charge in [-0.1, -0.05) is 18.2 Å². The Kier molecular flexibility index (Phi) is 3.94. The van der Waals surface area contributed by atoms with Crippen molar-refractivity contribution in [2.24, 2.45) is 5.73 Å². The van der Waals surface area contributed by atoms with Crippen LogP contribution in [0.3, 0.4) is 0 Å². The normalized spacial score (nSPS) is 12.4. The zero-order valence-corrected chi connectivity index (χ0v) is 10.6. The maximum Gasteiger partial charge on any atom is 0.232 e. The molecule has 0 radical (unpaired) electrons. The van der Waals surface area contributed by atoms with Gasteiger partial charge in [-0.15, -0.1) is 10.2 Å². The molecule has 0 saturated heterocycles. The van der Waals surface area contributed by atoms with Gasteiger partial charge in [-0.25, -0.2) is 0 Å². The van der Waals surface area contributed by atoms with Crippen molar-refractivity contribution in [3.8, 4) is 5.75 Å². The molecule has 2 aromatic rings. The summed E-state index contributed by atoms with van der Waals surface area (Å²) in [6, 6.07) is 7.65. The summed E-state index contributed by atoms with van der Waals surface area (Å²) in [7, 11) is 0. The highest BCUT2D eigenvalue weighted by Crippen LogP contribution is 2.16. The van der Waals surface area contributed by atoms with Crippen molar-refractivity contribution < 1.29 is 9.15 Å². The molecular weight excluding hydrogens is 230 g/mol. The Morgan fingerprint density at radius 3 is 2.78 bits per heavy atom. The van der Waals surface area contributed by atoms with Crippen LogP contribution in [0, 0.1) is 6.92 Å². The maximum atomic E-state index is 5.65. The molecule has 0 spiro atoms. The van der Waals surface area contributed by atoms with Crippen LogP contribution in [-0.2, 0) is 6.42 Å². The maximum absolute atomic E-state index is 5.65. The number of rotatable bonds is 5. The summed E-state index contributed by atoms with van der Waals surface area (Å²) in [4.78, 5) is 0. The number of hydrogen-bond acceptors (Lipinski definition) is 5. The smallest absolute Gasteiger partial charge is 0.232 e. The standard InChI is InChI=1S/C13H17N3O2/c1-9-5-3-4-6-11(9)17-8-7-12-15-16-13(18-12)10(2)14/h3-6,10H,7-8,14H2,1-2H3. The van der Waals surface area contributed by atoms with E-state index in [4.69, 9.17) is 14.9 Å². The number of para-hydroxylation sites is 1. The first-order valence-corrected chi connectivity index (χ1v) is 5.93. The first-order valence-electron chi connectivity index (χ1n) is 5.93. The van der Waals surface area contributed by atoms with Crippen molar-refractivity contribution in [1.82, 2.24) is 10.2 Å². The van der Waals surface area contributed by atoms with Crippen LogP contribution in [0.2, 0.25) is 0 Å². The van der Waals surface area contributed by atoms with Crippen molar-refractivity contribution in [2.45, 2.75) is 26.3 Å². The van der Waals surface area contributed by atoms with Crippen molar-refractivity contribution in [2.75, 3.05) is 6.61 Å². The van der Waals surface area contributed by atoms with E-state index in [0.717, 1.165) is 11.3 Å². The van der Waals surface area contributed by atoms with Crippen molar-refractivity contribution >= 4 is 0 Å². The largest absolute Gasteiger partial charge is 0.493 e. The van der Waals surface area contributed by atoms with Gasteiger partial charge in [0.2, 0.25) is 11.8 Å². The molecular formula is C13H17N3O2. The van der Waals surface area contributed by atoms with Gasteiger partial charge < -0.3 is 14.9 Å². The van der Waals surface area contributed by atoms with Gasteiger partial charge in [0.15, 0.2) is 0 Å². The summed E-state index contributed by atoms with van der Waals surface area (Å²) in [5.41, 5.74) is 6.75. The molecule has 2 N–H and O–H groups in total. The minimum Gasteiger partial charge on any atom is -0.493 e. The molecule has 0 aliphatic heterocycles. The van der Waals surface area contributed by atoms with E-state index in [1.807, 2.05) is 31.2 Å². The van der Waals surface area contributed by atoms with E-state index in [-0.39, 0.29) is 6.04 Å². The van der Waals surface area contributed by atoms with Crippen LogP contribution in [0.25, 0.3) is 0 Å². The second-order valence-electron chi connectivity index (χ2n) is 4.19. The quantitative estimate of drug-likeness (QED) is 0.874. The number of aromatic nitrogens is 2. The molecule has 1 aromatic heterocycles. The van der Waals surface area contributed by atoms with Gasteiger partial charge in [0.1, 0.15) is 5.75 Å². The van der Waals surface area contributed by atoms with Gasteiger partial charge in [-0.05, 0) is 25.5 Å². The first-order chi connectivity index (χ1) is 8.66. The van der Waals surface area contributed by atoms with E-state index in [1.54, 1.807) is 6.92 Å². The molecule has 1 aromatic carbocycles. The number of nitrogens with two attached hydrogens (primary N) is 1. The molecule has 1 heterocycles. The predicted molar refractivity (Wildman–Crippen MR) is 67.3 cm³/mol. The van der Waals surface area contributed by atoms with E-state index in [0.29, 0.717) is 24.8 Å². The van der Waals surface area contributed by atoms with Crippen LogP contribution in [0.1, 0.15) is 30.3 Å². The van der Waals surface area contributed by atoms with Crippen LogP contribution in [0.5, 0.6) is 5.75 Å². The average Bonchev–Trinajstić information content (AvgIpc) is 2.80. The molecule has 5 nitrogen and oxygen atoms in total. The Morgan fingerprint density at radius 1 is 1.33 bits per heavy atom. The minimum absolute atomic E-state index is 0.233. The Labute approximate surface area is 106 Å². The number of hydrogen-bond donors (Lipinski definition) is 1. The summed E-state index contributed by atoms with van der Waals surface area (Å²) in [6.45, 7) is 4.32. The van der Waals surface area contributed by atoms with Gasteiger partial charge in [-0.3, -0.25) is 0 Å².